The summed E-state index contributed by atoms with van der Waals surface area (Å²) in [6.07, 6.45) is -2.51. The number of alkyl halides is 3. The molecule has 0 radical (unpaired) electrons. The van der Waals surface area contributed by atoms with Crippen molar-refractivity contribution >= 4 is 0 Å². The van der Waals surface area contributed by atoms with Crippen molar-refractivity contribution in [1.29, 1.82) is 0 Å². The fourth-order valence-electron chi connectivity index (χ4n) is 1.75. The van der Waals surface area contributed by atoms with Crippen molar-refractivity contribution in [2.75, 3.05) is 6.54 Å². The molecule has 0 bridgehead atoms. The van der Waals surface area contributed by atoms with Gasteiger partial charge in [0.05, 0.1) is 6.10 Å². The van der Waals surface area contributed by atoms with Crippen molar-refractivity contribution in [3.8, 4) is 0 Å². The number of halogens is 3. The van der Waals surface area contributed by atoms with E-state index in [4.69, 9.17) is 0 Å². The number of aliphatic hydroxyl groups is 1. The Labute approximate surface area is 81.5 Å². The topological polar surface area (TPSA) is 32.3 Å². The lowest BCUT2D eigenvalue weighted by Gasteiger charge is -2.16. The van der Waals surface area contributed by atoms with Crippen molar-refractivity contribution in [3.05, 3.63) is 0 Å². The van der Waals surface area contributed by atoms with Gasteiger partial charge in [-0.15, -0.1) is 0 Å². The Morgan fingerprint density at radius 2 is 2.00 bits per heavy atom. The maximum Gasteiger partial charge on any atom is 0.389 e. The van der Waals surface area contributed by atoms with Crippen LogP contribution in [0.15, 0.2) is 0 Å². The van der Waals surface area contributed by atoms with Crippen LogP contribution in [0.2, 0.25) is 0 Å². The third-order valence-electron chi connectivity index (χ3n) is 2.52. The number of rotatable bonds is 4. The summed E-state index contributed by atoms with van der Waals surface area (Å²) < 4.78 is 35.3. The van der Waals surface area contributed by atoms with E-state index in [9.17, 15) is 18.3 Å². The number of hydrogen-bond donors (Lipinski definition) is 2. The van der Waals surface area contributed by atoms with Crippen LogP contribution in [-0.4, -0.2) is 30.0 Å². The first-order chi connectivity index (χ1) is 6.49. The average Bonchev–Trinajstić information content (AvgIpc) is 2.44. The molecular formula is C9H16F3NO. The molecule has 1 aliphatic carbocycles. The summed E-state index contributed by atoms with van der Waals surface area (Å²) in [6, 6.07) is 0.00299. The van der Waals surface area contributed by atoms with Crippen LogP contribution in [0.25, 0.3) is 0 Å². The second kappa shape index (κ2) is 4.98. The predicted octanol–water partition coefficient (Wildman–Crippen LogP) is 1.83. The Morgan fingerprint density at radius 1 is 1.29 bits per heavy atom. The van der Waals surface area contributed by atoms with E-state index in [1.165, 1.54) is 0 Å². The molecule has 0 aromatic heterocycles. The second-order valence-electron chi connectivity index (χ2n) is 3.78. The lowest BCUT2D eigenvalue weighted by atomic mass is 10.2. The third kappa shape index (κ3) is 4.28. The second-order valence-corrected chi connectivity index (χ2v) is 3.78. The minimum atomic E-state index is -4.06. The molecule has 0 heterocycles. The zero-order chi connectivity index (χ0) is 10.6. The normalized spacial score (nSPS) is 28.3. The van der Waals surface area contributed by atoms with Crippen LogP contribution >= 0.6 is 0 Å². The molecule has 0 aliphatic heterocycles. The molecular weight excluding hydrogens is 195 g/mol. The number of hydrogen-bond acceptors (Lipinski definition) is 2. The summed E-state index contributed by atoms with van der Waals surface area (Å²) in [5.41, 5.74) is 0. The number of nitrogens with one attached hydrogen (secondary N) is 1. The average molecular weight is 211 g/mol. The van der Waals surface area contributed by atoms with Gasteiger partial charge in [-0.05, 0) is 32.2 Å². The van der Waals surface area contributed by atoms with E-state index < -0.39 is 12.6 Å². The van der Waals surface area contributed by atoms with Gasteiger partial charge in [0.2, 0.25) is 0 Å². The Hall–Kier alpha value is -0.290. The molecule has 0 spiro atoms. The van der Waals surface area contributed by atoms with E-state index in [1.54, 1.807) is 0 Å². The third-order valence-corrected chi connectivity index (χ3v) is 2.52. The molecule has 14 heavy (non-hydrogen) atoms. The maximum atomic E-state index is 11.8. The monoisotopic (exact) mass is 211 g/mol. The van der Waals surface area contributed by atoms with Gasteiger partial charge in [0.25, 0.3) is 0 Å². The molecule has 1 fully saturated rings. The lowest BCUT2D eigenvalue weighted by Crippen LogP contribution is -2.36. The highest BCUT2D eigenvalue weighted by atomic mass is 19.4. The van der Waals surface area contributed by atoms with Gasteiger partial charge >= 0.3 is 6.18 Å². The molecule has 0 aromatic carbocycles. The summed E-state index contributed by atoms with van der Waals surface area (Å²) in [6.45, 7) is 0.335. The minimum Gasteiger partial charge on any atom is -0.392 e. The zero-order valence-corrected chi connectivity index (χ0v) is 7.98. The zero-order valence-electron chi connectivity index (χ0n) is 7.98. The van der Waals surface area contributed by atoms with Gasteiger partial charge < -0.3 is 10.4 Å². The van der Waals surface area contributed by atoms with Crippen molar-refractivity contribution < 1.29 is 18.3 Å². The van der Waals surface area contributed by atoms with Gasteiger partial charge in [0.15, 0.2) is 0 Å². The molecule has 2 atom stereocenters. The SMILES string of the molecule is OC1CCCC1NCCCC(F)(F)F. The number of aliphatic hydroxyl groups excluding tert-OH is 1. The summed E-state index contributed by atoms with van der Waals surface area (Å²) in [5.74, 6) is 0. The van der Waals surface area contributed by atoms with Crippen LogP contribution in [0, 0.1) is 0 Å². The highest BCUT2D eigenvalue weighted by molar-refractivity contribution is 4.82. The van der Waals surface area contributed by atoms with Crippen LogP contribution < -0.4 is 5.32 Å². The molecule has 2 unspecified atom stereocenters. The van der Waals surface area contributed by atoms with Crippen molar-refractivity contribution in [3.63, 3.8) is 0 Å². The summed E-state index contributed by atoms with van der Waals surface area (Å²) in [5, 5.41) is 12.3. The fourth-order valence-corrected chi connectivity index (χ4v) is 1.75. The molecule has 0 amide bonds. The molecule has 0 saturated heterocycles. The van der Waals surface area contributed by atoms with E-state index >= 15 is 0 Å². The summed E-state index contributed by atoms with van der Waals surface area (Å²) in [7, 11) is 0. The van der Waals surface area contributed by atoms with Gasteiger partial charge in [-0.3, -0.25) is 0 Å². The predicted molar refractivity (Wildman–Crippen MR) is 46.9 cm³/mol. The van der Waals surface area contributed by atoms with Crippen LogP contribution in [0.4, 0.5) is 13.2 Å². The molecule has 5 heteroatoms. The first-order valence-corrected chi connectivity index (χ1v) is 4.97. The maximum absolute atomic E-state index is 11.8. The van der Waals surface area contributed by atoms with Gasteiger partial charge in [-0.25, -0.2) is 0 Å². The molecule has 1 aliphatic rings. The van der Waals surface area contributed by atoms with Crippen LogP contribution in [0.1, 0.15) is 32.1 Å². The molecule has 2 nitrogen and oxygen atoms in total. The first kappa shape index (κ1) is 11.8. The van der Waals surface area contributed by atoms with Crippen molar-refractivity contribution in [1.82, 2.24) is 5.32 Å². The first-order valence-electron chi connectivity index (χ1n) is 4.97. The van der Waals surface area contributed by atoms with E-state index in [2.05, 4.69) is 5.32 Å². The molecule has 1 saturated carbocycles. The van der Waals surface area contributed by atoms with Crippen LogP contribution in [0.3, 0.4) is 0 Å². The quantitative estimate of drug-likeness (QED) is 0.695. The van der Waals surface area contributed by atoms with Crippen molar-refractivity contribution in [2.45, 2.75) is 50.4 Å². The highest BCUT2D eigenvalue weighted by Gasteiger charge is 2.27. The minimum absolute atomic E-state index is 0.00299. The summed E-state index contributed by atoms with van der Waals surface area (Å²) in [4.78, 5) is 0. The van der Waals surface area contributed by atoms with E-state index in [-0.39, 0.29) is 18.6 Å². The fraction of sp³-hybridized carbons (Fsp3) is 1.00. The largest absolute Gasteiger partial charge is 0.392 e. The Kier molecular flexibility index (Phi) is 4.19. The highest BCUT2D eigenvalue weighted by Crippen LogP contribution is 2.22. The Morgan fingerprint density at radius 3 is 2.50 bits per heavy atom. The lowest BCUT2D eigenvalue weighted by molar-refractivity contribution is -0.135. The van der Waals surface area contributed by atoms with Crippen molar-refractivity contribution in [2.24, 2.45) is 0 Å². The van der Waals surface area contributed by atoms with Crippen LogP contribution in [-0.2, 0) is 0 Å². The van der Waals surface area contributed by atoms with E-state index in [0.29, 0.717) is 6.54 Å². The Balaban J connectivity index is 2.04. The molecule has 2 N–H and O–H groups in total. The van der Waals surface area contributed by atoms with Gasteiger partial charge in [0, 0.05) is 12.5 Å². The van der Waals surface area contributed by atoms with E-state index in [0.717, 1.165) is 19.3 Å². The van der Waals surface area contributed by atoms with Gasteiger partial charge in [-0.1, -0.05) is 0 Å². The molecule has 0 aromatic rings. The van der Waals surface area contributed by atoms with Gasteiger partial charge in [0.1, 0.15) is 0 Å². The van der Waals surface area contributed by atoms with E-state index in [1.807, 2.05) is 0 Å². The summed E-state index contributed by atoms with van der Waals surface area (Å²) >= 11 is 0. The van der Waals surface area contributed by atoms with Crippen LogP contribution in [0.5, 0.6) is 0 Å². The standard InChI is InChI=1S/C9H16F3NO/c10-9(11,12)5-2-6-13-7-3-1-4-8(7)14/h7-8,13-14H,1-6H2. The Bertz CT molecular complexity index is 172. The molecule has 84 valence electrons. The van der Waals surface area contributed by atoms with Gasteiger partial charge in [-0.2, -0.15) is 13.2 Å². The molecule has 1 rings (SSSR count). The smallest absolute Gasteiger partial charge is 0.389 e.